The third-order valence-electron chi connectivity index (χ3n) is 13.3. The van der Waals surface area contributed by atoms with Crippen LogP contribution in [-0.2, 0) is 0 Å². The summed E-state index contributed by atoms with van der Waals surface area (Å²) in [5.41, 5.74) is 21.1. The lowest BCUT2D eigenvalue weighted by Gasteiger charge is -2.15. The van der Waals surface area contributed by atoms with Gasteiger partial charge in [0, 0.05) is 16.7 Å². The molecule has 0 amide bonds. The molecule has 0 fully saturated rings. The van der Waals surface area contributed by atoms with Crippen LogP contribution in [0.1, 0.15) is 0 Å². The molecule has 3 nitrogen and oxygen atoms in total. The molecule has 1 aromatic heterocycles. The standard InChI is InChI=1S/C69H47N3/c1-6-22-48(23-7-1)57-42-59(46-61(44-57)65-38-18-16-36-63(65)50-26-10-3-11-27-50)53-32-20-34-55(40-53)68-70-67(52-30-14-5-15-31-52)71-69(72-68)56-35-21-33-54(41-56)60-43-58(49-24-8-2-9-25-49)45-62(47-60)66-39-19-17-37-64(66)51-28-12-4-13-29-51/h1-47H. The maximum Gasteiger partial charge on any atom is 0.164 e. The van der Waals surface area contributed by atoms with Gasteiger partial charge in [0.15, 0.2) is 17.5 Å². The van der Waals surface area contributed by atoms with E-state index >= 15 is 0 Å². The van der Waals surface area contributed by atoms with Crippen LogP contribution in [0.5, 0.6) is 0 Å². The molecule has 338 valence electrons. The fourth-order valence-corrected chi connectivity index (χ4v) is 9.73. The number of aromatic nitrogens is 3. The van der Waals surface area contributed by atoms with Crippen molar-refractivity contribution in [3.05, 3.63) is 285 Å². The van der Waals surface area contributed by atoms with Crippen LogP contribution in [0.4, 0.5) is 0 Å². The molecule has 0 saturated heterocycles. The minimum absolute atomic E-state index is 0.603. The minimum atomic E-state index is 0.603. The molecular formula is C69H47N3. The highest BCUT2D eigenvalue weighted by atomic mass is 15.0. The van der Waals surface area contributed by atoms with Crippen molar-refractivity contribution < 1.29 is 0 Å². The summed E-state index contributed by atoms with van der Waals surface area (Å²) in [6.45, 7) is 0. The number of hydrogen-bond donors (Lipinski definition) is 0. The minimum Gasteiger partial charge on any atom is -0.208 e. The third-order valence-corrected chi connectivity index (χ3v) is 13.3. The van der Waals surface area contributed by atoms with E-state index < -0.39 is 0 Å². The lowest BCUT2D eigenvalue weighted by molar-refractivity contribution is 1.07. The molecule has 12 aromatic rings. The van der Waals surface area contributed by atoms with Crippen molar-refractivity contribution in [3.8, 4) is 123 Å². The van der Waals surface area contributed by atoms with Crippen LogP contribution in [-0.4, -0.2) is 15.0 Å². The van der Waals surface area contributed by atoms with E-state index in [1.807, 2.05) is 18.2 Å². The van der Waals surface area contributed by atoms with Gasteiger partial charge in [0.25, 0.3) is 0 Å². The van der Waals surface area contributed by atoms with Gasteiger partial charge in [-0.2, -0.15) is 0 Å². The maximum absolute atomic E-state index is 5.30. The van der Waals surface area contributed by atoms with Gasteiger partial charge in [0.2, 0.25) is 0 Å². The first-order chi connectivity index (χ1) is 35.7. The summed E-state index contributed by atoms with van der Waals surface area (Å²) in [7, 11) is 0. The van der Waals surface area contributed by atoms with Gasteiger partial charge in [-0.15, -0.1) is 0 Å². The number of rotatable bonds is 11. The first kappa shape index (κ1) is 43.7. The fraction of sp³-hybridized carbons (Fsp3) is 0. The summed E-state index contributed by atoms with van der Waals surface area (Å²) < 4.78 is 0. The van der Waals surface area contributed by atoms with E-state index in [1.54, 1.807) is 0 Å². The monoisotopic (exact) mass is 917 g/mol. The summed E-state index contributed by atoms with van der Waals surface area (Å²) in [4.78, 5) is 15.7. The number of benzene rings is 11. The molecule has 0 aliphatic carbocycles. The third kappa shape index (κ3) is 9.19. The Kier molecular flexibility index (Phi) is 12.0. The molecule has 1 heterocycles. The van der Waals surface area contributed by atoms with E-state index in [0.29, 0.717) is 17.5 Å². The second-order valence-electron chi connectivity index (χ2n) is 18.0. The second kappa shape index (κ2) is 19.8. The van der Waals surface area contributed by atoms with E-state index in [2.05, 4.69) is 267 Å². The van der Waals surface area contributed by atoms with Gasteiger partial charge in [-0.05, 0) is 138 Å². The van der Waals surface area contributed by atoms with Gasteiger partial charge in [0.05, 0.1) is 0 Å². The van der Waals surface area contributed by atoms with Crippen LogP contribution in [0, 0.1) is 0 Å². The summed E-state index contributed by atoms with van der Waals surface area (Å²) >= 11 is 0. The van der Waals surface area contributed by atoms with Crippen molar-refractivity contribution in [2.45, 2.75) is 0 Å². The molecule has 11 aromatic carbocycles. The van der Waals surface area contributed by atoms with Gasteiger partial charge in [-0.1, -0.05) is 237 Å². The Morgan fingerprint density at radius 1 is 0.139 bits per heavy atom. The largest absolute Gasteiger partial charge is 0.208 e. The van der Waals surface area contributed by atoms with Gasteiger partial charge in [0.1, 0.15) is 0 Å². The summed E-state index contributed by atoms with van der Waals surface area (Å²) in [6, 6.07) is 101. The van der Waals surface area contributed by atoms with Gasteiger partial charge < -0.3 is 0 Å². The van der Waals surface area contributed by atoms with Crippen molar-refractivity contribution >= 4 is 0 Å². The van der Waals surface area contributed by atoms with Crippen molar-refractivity contribution in [3.63, 3.8) is 0 Å². The van der Waals surface area contributed by atoms with Crippen LogP contribution >= 0.6 is 0 Å². The Bertz CT molecular complexity index is 3600. The first-order valence-electron chi connectivity index (χ1n) is 24.4. The van der Waals surface area contributed by atoms with Crippen LogP contribution in [0.15, 0.2) is 285 Å². The highest BCUT2D eigenvalue weighted by Gasteiger charge is 2.17. The molecule has 0 bridgehead atoms. The van der Waals surface area contributed by atoms with Crippen LogP contribution < -0.4 is 0 Å². The molecule has 0 N–H and O–H groups in total. The summed E-state index contributed by atoms with van der Waals surface area (Å²) in [5.74, 6) is 1.82. The zero-order valence-corrected chi connectivity index (χ0v) is 39.5. The van der Waals surface area contributed by atoms with E-state index in [-0.39, 0.29) is 0 Å². The summed E-state index contributed by atoms with van der Waals surface area (Å²) in [5, 5.41) is 0. The fourth-order valence-electron chi connectivity index (χ4n) is 9.73. The lowest BCUT2D eigenvalue weighted by atomic mass is 9.89. The molecule has 0 atom stereocenters. The van der Waals surface area contributed by atoms with Crippen molar-refractivity contribution in [1.82, 2.24) is 15.0 Å². The Morgan fingerprint density at radius 2 is 0.361 bits per heavy atom. The normalized spacial score (nSPS) is 11.1. The molecule has 0 aliphatic heterocycles. The van der Waals surface area contributed by atoms with Crippen molar-refractivity contribution in [2.24, 2.45) is 0 Å². The van der Waals surface area contributed by atoms with Crippen LogP contribution in [0.2, 0.25) is 0 Å². The van der Waals surface area contributed by atoms with Gasteiger partial charge in [-0.3, -0.25) is 0 Å². The molecule has 3 heteroatoms. The second-order valence-corrected chi connectivity index (χ2v) is 18.0. The predicted molar refractivity (Wildman–Crippen MR) is 300 cm³/mol. The Labute approximate surface area is 421 Å². The van der Waals surface area contributed by atoms with E-state index in [4.69, 9.17) is 15.0 Å². The molecule has 72 heavy (non-hydrogen) atoms. The molecule has 0 spiro atoms. The van der Waals surface area contributed by atoms with Gasteiger partial charge >= 0.3 is 0 Å². The topological polar surface area (TPSA) is 38.7 Å². The average molecular weight is 918 g/mol. The zero-order chi connectivity index (χ0) is 48.1. The highest BCUT2D eigenvalue weighted by Crippen LogP contribution is 2.41. The smallest absolute Gasteiger partial charge is 0.164 e. The molecule has 0 aliphatic rings. The van der Waals surface area contributed by atoms with E-state index in [9.17, 15) is 0 Å². The molecule has 0 radical (unpaired) electrons. The van der Waals surface area contributed by atoms with Crippen molar-refractivity contribution in [1.29, 1.82) is 0 Å². The zero-order valence-electron chi connectivity index (χ0n) is 39.5. The Morgan fingerprint density at radius 3 is 0.722 bits per heavy atom. The SMILES string of the molecule is c1ccc(-c2cc(-c3cccc(-c4nc(-c5ccccc5)nc(-c5cccc(-c6cc(-c7ccccc7)cc(-c7ccccc7-c7ccccc7)c6)c5)n4)c3)cc(-c3ccccc3-c3ccccc3)c2)cc1. The average Bonchev–Trinajstić information content (AvgIpc) is 3.48. The predicted octanol–water partition coefficient (Wildman–Crippen LogP) is 18.2. The van der Waals surface area contributed by atoms with E-state index in [1.165, 1.54) is 33.4 Å². The Hall–Kier alpha value is -9.57. The van der Waals surface area contributed by atoms with Gasteiger partial charge in [-0.25, -0.2) is 15.0 Å². The van der Waals surface area contributed by atoms with Crippen LogP contribution in [0.3, 0.4) is 0 Å². The van der Waals surface area contributed by atoms with Crippen LogP contribution in [0.25, 0.3) is 123 Å². The van der Waals surface area contributed by atoms with Crippen molar-refractivity contribution in [2.75, 3.05) is 0 Å². The lowest BCUT2D eigenvalue weighted by Crippen LogP contribution is -2.00. The number of nitrogens with zero attached hydrogens (tertiary/aromatic N) is 3. The molecule has 12 rings (SSSR count). The molecular weight excluding hydrogens is 871 g/mol. The molecule has 0 saturated carbocycles. The maximum atomic E-state index is 5.30. The highest BCUT2D eigenvalue weighted by molar-refractivity contribution is 5.91. The molecule has 0 unspecified atom stereocenters. The van der Waals surface area contributed by atoms with E-state index in [0.717, 1.165) is 72.3 Å². The first-order valence-corrected chi connectivity index (χ1v) is 24.4. The number of hydrogen-bond acceptors (Lipinski definition) is 3. The summed E-state index contributed by atoms with van der Waals surface area (Å²) in [6.07, 6.45) is 0. The Balaban J connectivity index is 0.975. The quantitative estimate of drug-likeness (QED) is 0.130.